The summed E-state index contributed by atoms with van der Waals surface area (Å²) in [4.78, 5) is 13.3. The largest absolute Gasteiger partial charge is 0.299 e. The van der Waals surface area contributed by atoms with E-state index in [1.54, 1.807) is 0 Å². The van der Waals surface area contributed by atoms with Crippen LogP contribution in [0.1, 0.15) is 80.1 Å². The Morgan fingerprint density at radius 2 is 1.09 bits per heavy atom. The molecule has 0 aromatic heterocycles. The van der Waals surface area contributed by atoms with Crippen LogP contribution in [0.5, 0.6) is 0 Å². The molecule has 0 heterocycles. The summed E-state index contributed by atoms with van der Waals surface area (Å²) in [7, 11) is 0. The third kappa shape index (κ3) is 3.95. The van der Waals surface area contributed by atoms with Crippen LogP contribution in [0, 0.1) is 47.3 Å². The highest BCUT2D eigenvalue weighted by Crippen LogP contribution is 2.44. The van der Waals surface area contributed by atoms with E-state index in [0.29, 0.717) is 29.5 Å². The fraction of sp³-hybridized carbons (Fsp3) is 0.952. The smallest absolute Gasteiger partial charge is 0.139 e. The van der Waals surface area contributed by atoms with Gasteiger partial charge in [0, 0.05) is 11.8 Å². The second-order valence-electron chi connectivity index (χ2n) is 9.20. The van der Waals surface area contributed by atoms with E-state index in [-0.39, 0.29) is 0 Å². The van der Waals surface area contributed by atoms with Crippen molar-refractivity contribution in [1.82, 2.24) is 0 Å². The molecule has 1 nitrogen and oxygen atoms in total. The van der Waals surface area contributed by atoms with Gasteiger partial charge in [-0.3, -0.25) is 4.79 Å². The van der Waals surface area contributed by atoms with Crippen molar-refractivity contribution in [2.45, 2.75) is 80.1 Å². The van der Waals surface area contributed by atoms with Crippen molar-refractivity contribution in [2.75, 3.05) is 0 Å². The minimum atomic E-state index is 0.347. The molecule has 0 bridgehead atoms. The Bertz CT molecular complexity index is 336. The molecule has 22 heavy (non-hydrogen) atoms. The molecule has 2 saturated carbocycles. The lowest BCUT2D eigenvalue weighted by Gasteiger charge is -2.41. The number of hydrogen-bond acceptors (Lipinski definition) is 1. The first-order chi connectivity index (χ1) is 10.3. The minimum absolute atomic E-state index is 0.347. The summed E-state index contributed by atoms with van der Waals surface area (Å²) in [5.74, 6) is 5.54. The molecule has 0 radical (unpaired) electrons. The molecule has 2 aliphatic carbocycles. The Labute approximate surface area is 138 Å². The molecule has 0 amide bonds. The zero-order valence-electron chi connectivity index (χ0n) is 15.8. The molecule has 0 aromatic carbocycles. The van der Waals surface area contributed by atoms with Gasteiger partial charge in [-0.2, -0.15) is 0 Å². The van der Waals surface area contributed by atoms with E-state index < -0.39 is 0 Å². The van der Waals surface area contributed by atoms with E-state index in [4.69, 9.17) is 0 Å². The molecule has 128 valence electrons. The Kier molecular flexibility index (Phi) is 6.14. The Hall–Kier alpha value is -0.330. The molecule has 2 aliphatic rings. The predicted octanol–water partition coefficient (Wildman–Crippen LogP) is 5.97. The molecule has 6 atom stereocenters. The molecule has 0 aromatic rings. The Balaban J connectivity index is 2.07. The SMILES string of the molecule is CC(C)C1CCC(C)C(C(=O)C2CC(C(C)C)CCC2C)C1. The summed E-state index contributed by atoms with van der Waals surface area (Å²) in [6.07, 6.45) is 7.50. The predicted molar refractivity (Wildman–Crippen MR) is 94.7 cm³/mol. The van der Waals surface area contributed by atoms with Crippen LogP contribution in [0.3, 0.4) is 0 Å². The number of carbonyl (C=O) groups excluding carboxylic acids is 1. The lowest BCUT2D eigenvalue weighted by atomic mass is 9.63. The van der Waals surface area contributed by atoms with E-state index >= 15 is 0 Å². The van der Waals surface area contributed by atoms with Gasteiger partial charge in [-0.05, 0) is 74.0 Å². The normalized spacial score (nSPS) is 40.2. The van der Waals surface area contributed by atoms with Crippen LogP contribution in [0.4, 0.5) is 0 Å². The molecular formula is C21H38O. The van der Waals surface area contributed by atoms with Crippen LogP contribution in [-0.2, 0) is 4.79 Å². The van der Waals surface area contributed by atoms with Gasteiger partial charge in [0.05, 0.1) is 0 Å². The van der Waals surface area contributed by atoms with Gasteiger partial charge in [0.15, 0.2) is 0 Å². The summed E-state index contributed by atoms with van der Waals surface area (Å²) in [6.45, 7) is 14.0. The first-order valence-corrected chi connectivity index (χ1v) is 9.84. The monoisotopic (exact) mass is 306 g/mol. The minimum Gasteiger partial charge on any atom is -0.299 e. The first-order valence-electron chi connectivity index (χ1n) is 9.84. The van der Waals surface area contributed by atoms with Gasteiger partial charge in [0.25, 0.3) is 0 Å². The lowest BCUT2D eigenvalue weighted by molar-refractivity contribution is -0.134. The highest BCUT2D eigenvalue weighted by atomic mass is 16.1. The molecule has 2 fully saturated rings. The highest BCUT2D eigenvalue weighted by molar-refractivity contribution is 5.84. The molecule has 6 unspecified atom stereocenters. The van der Waals surface area contributed by atoms with Crippen LogP contribution in [0.15, 0.2) is 0 Å². The van der Waals surface area contributed by atoms with Gasteiger partial charge >= 0.3 is 0 Å². The van der Waals surface area contributed by atoms with E-state index in [1.165, 1.54) is 25.7 Å². The van der Waals surface area contributed by atoms with E-state index in [0.717, 1.165) is 36.5 Å². The molecule has 0 aliphatic heterocycles. The fourth-order valence-corrected chi connectivity index (χ4v) is 4.99. The van der Waals surface area contributed by atoms with E-state index in [9.17, 15) is 4.79 Å². The number of Topliss-reactive ketones (excluding diaryl/α,β-unsaturated/α-hetero) is 1. The average molecular weight is 307 g/mol. The van der Waals surface area contributed by atoms with Crippen LogP contribution >= 0.6 is 0 Å². The Morgan fingerprint density at radius 1 is 0.727 bits per heavy atom. The Morgan fingerprint density at radius 3 is 1.41 bits per heavy atom. The zero-order chi connectivity index (χ0) is 16.4. The van der Waals surface area contributed by atoms with Crippen LogP contribution < -0.4 is 0 Å². The van der Waals surface area contributed by atoms with Gasteiger partial charge < -0.3 is 0 Å². The topological polar surface area (TPSA) is 17.1 Å². The maximum Gasteiger partial charge on any atom is 0.139 e. The first kappa shape index (κ1) is 18.0. The van der Waals surface area contributed by atoms with Crippen molar-refractivity contribution < 1.29 is 4.79 Å². The quantitative estimate of drug-likeness (QED) is 0.625. The van der Waals surface area contributed by atoms with Crippen LogP contribution in [0.2, 0.25) is 0 Å². The van der Waals surface area contributed by atoms with E-state index in [2.05, 4.69) is 41.5 Å². The van der Waals surface area contributed by atoms with Crippen molar-refractivity contribution in [2.24, 2.45) is 47.3 Å². The third-order valence-corrected chi connectivity index (χ3v) is 7.09. The average Bonchev–Trinajstić information content (AvgIpc) is 2.47. The third-order valence-electron chi connectivity index (χ3n) is 7.09. The van der Waals surface area contributed by atoms with Gasteiger partial charge in [0.1, 0.15) is 5.78 Å². The maximum atomic E-state index is 13.3. The standard InChI is InChI=1S/C21H38O/c1-13(2)17-9-7-15(5)19(11-17)21(22)20-12-18(14(3)4)10-8-16(20)6/h13-20H,7-12H2,1-6H3. The summed E-state index contributed by atoms with van der Waals surface area (Å²) < 4.78 is 0. The van der Waals surface area contributed by atoms with Crippen LogP contribution in [0.25, 0.3) is 0 Å². The summed E-state index contributed by atoms with van der Waals surface area (Å²) in [5, 5.41) is 0. The second kappa shape index (κ2) is 7.49. The van der Waals surface area contributed by atoms with Crippen molar-refractivity contribution in [1.29, 1.82) is 0 Å². The van der Waals surface area contributed by atoms with Crippen molar-refractivity contribution >= 4 is 5.78 Å². The number of ketones is 1. The van der Waals surface area contributed by atoms with Crippen LogP contribution in [-0.4, -0.2) is 5.78 Å². The van der Waals surface area contributed by atoms with Crippen molar-refractivity contribution in [3.8, 4) is 0 Å². The fourth-order valence-electron chi connectivity index (χ4n) is 4.99. The summed E-state index contributed by atoms with van der Waals surface area (Å²) >= 11 is 0. The number of carbonyl (C=O) groups is 1. The molecule has 0 N–H and O–H groups in total. The summed E-state index contributed by atoms with van der Waals surface area (Å²) in [6, 6.07) is 0. The maximum absolute atomic E-state index is 13.3. The number of rotatable bonds is 4. The molecule has 0 spiro atoms. The van der Waals surface area contributed by atoms with Gasteiger partial charge in [-0.15, -0.1) is 0 Å². The van der Waals surface area contributed by atoms with Gasteiger partial charge in [0.2, 0.25) is 0 Å². The van der Waals surface area contributed by atoms with Crippen molar-refractivity contribution in [3.63, 3.8) is 0 Å². The van der Waals surface area contributed by atoms with Gasteiger partial charge in [-0.1, -0.05) is 41.5 Å². The molecule has 1 heteroatoms. The lowest BCUT2D eigenvalue weighted by Crippen LogP contribution is -2.39. The highest BCUT2D eigenvalue weighted by Gasteiger charge is 2.40. The second-order valence-corrected chi connectivity index (χ2v) is 9.20. The summed E-state index contributed by atoms with van der Waals surface area (Å²) in [5.41, 5.74) is 0. The van der Waals surface area contributed by atoms with Crippen molar-refractivity contribution in [3.05, 3.63) is 0 Å². The zero-order valence-corrected chi connectivity index (χ0v) is 15.8. The van der Waals surface area contributed by atoms with Gasteiger partial charge in [-0.25, -0.2) is 0 Å². The van der Waals surface area contributed by atoms with E-state index in [1.807, 2.05) is 0 Å². The molecule has 0 saturated heterocycles. The number of hydrogen-bond donors (Lipinski definition) is 0. The molecule has 2 rings (SSSR count). The molecular weight excluding hydrogens is 268 g/mol.